The van der Waals surface area contributed by atoms with Crippen LogP contribution in [-0.4, -0.2) is 26.2 Å². The number of aliphatic hydroxyl groups excluding tert-OH is 1. The van der Waals surface area contributed by atoms with Crippen molar-refractivity contribution in [3.63, 3.8) is 0 Å². The largest absolute Gasteiger partial charge is 0.384 e. The van der Waals surface area contributed by atoms with Gasteiger partial charge >= 0.3 is 0 Å². The fraction of sp³-hybridized carbons (Fsp3) is 0.467. The van der Waals surface area contributed by atoms with E-state index in [9.17, 15) is 8.42 Å². The van der Waals surface area contributed by atoms with Crippen LogP contribution < -0.4 is 4.72 Å². The highest BCUT2D eigenvalue weighted by molar-refractivity contribution is 7.89. The second-order valence-corrected chi connectivity index (χ2v) is 6.43. The van der Waals surface area contributed by atoms with Crippen LogP contribution in [-0.2, 0) is 10.0 Å². The van der Waals surface area contributed by atoms with E-state index in [4.69, 9.17) is 5.11 Å². The first-order chi connectivity index (χ1) is 9.42. The third-order valence-corrected chi connectivity index (χ3v) is 4.93. The minimum Gasteiger partial charge on any atom is -0.384 e. The quantitative estimate of drug-likeness (QED) is 0.813. The highest BCUT2D eigenvalue weighted by atomic mass is 32.2. The Morgan fingerprint density at radius 3 is 2.55 bits per heavy atom. The van der Waals surface area contributed by atoms with E-state index in [-0.39, 0.29) is 23.5 Å². The Hall–Kier alpha value is -1.35. The lowest BCUT2D eigenvalue weighted by atomic mass is 10.0. The molecule has 0 saturated carbocycles. The van der Waals surface area contributed by atoms with Crippen LogP contribution in [0.3, 0.4) is 0 Å². The van der Waals surface area contributed by atoms with Crippen LogP contribution in [0.15, 0.2) is 29.2 Å². The minimum absolute atomic E-state index is 0.149. The van der Waals surface area contributed by atoms with Crippen molar-refractivity contribution in [2.24, 2.45) is 5.92 Å². The molecule has 0 bridgehead atoms. The van der Waals surface area contributed by atoms with Crippen LogP contribution in [0.5, 0.6) is 0 Å². The van der Waals surface area contributed by atoms with Gasteiger partial charge in [0.1, 0.15) is 6.61 Å². The molecule has 5 heteroatoms. The predicted molar refractivity (Wildman–Crippen MR) is 79.6 cm³/mol. The van der Waals surface area contributed by atoms with Crippen LogP contribution in [0.25, 0.3) is 0 Å². The zero-order chi connectivity index (χ0) is 15.2. The van der Waals surface area contributed by atoms with Gasteiger partial charge in [0, 0.05) is 11.6 Å². The number of aliphatic hydroxyl groups is 1. The zero-order valence-electron chi connectivity index (χ0n) is 12.1. The second-order valence-electron chi connectivity index (χ2n) is 4.75. The lowest BCUT2D eigenvalue weighted by molar-refractivity contribution is 0.350. The van der Waals surface area contributed by atoms with Crippen molar-refractivity contribution in [3.8, 4) is 11.8 Å². The fourth-order valence-electron chi connectivity index (χ4n) is 1.72. The maximum atomic E-state index is 12.4. The molecular weight excluding hydrogens is 274 g/mol. The van der Waals surface area contributed by atoms with Crippen molar-refractivity contribution in [1.82, 2.24) is 4.72 Å². The monoisotopic (exact) mass is 295 g/mol. The molecule has 0 amide bonds. The summed E-state index contributed by atoms with van der Waals surface area (Å²) in [5, 5.41) is 8.73. The van der Waals surface area contributed by atoms with E-state index in [1.807, 2.05) is 20.8 Å². The fourth-order valence-corrected chi connectivity index (χ4v) is 3.23. The van der Waals surface area contributed by atoms with Gasteiger partial charge in [0.2, 0.25) is 10.0 Å². The Labute approximate surface area is 121 Å². The maximum absolute atomic E-state index is 12.4. The van der Waals surface area contributed by atoms with Crippen molar-refractivity contribution in [2.45, 2.75) is 38.1 Å². The molecule has 0 radical (unpaired) electrons. The van der Waals surface area contributed by atoms with Gasteiger partial charge in [-0.2, -0.15) is 0 Å². The number of hydrogen-bond donors (Lipinski definition) is 2. The summed E-state index contributed by atoms with van der Waals surface area (Å²) in [5.74, 6) is 5.39. The molecule has 0 aliphatic heterocycles. The molecule has 0 aromatic heterocycles. The standard InChI is InChI=1S/C15H21NO3S/c1-4-12(2)13(3)16-20(18,19)15-10-6-5-8-14(15)9-7-11-17/h5-6,8,10,12-13,16-17H,4,11H2,1-3H3. The van der Waals surface area contributed by atoms with Crippen LogP contribution in [0.2, 0.25) is 0 Å². The van der Waals surface area contributed by atoms with Crippen LogP contribution in [0.1, 0.15) is 32.8 Å². The molecule has 110 valence electrons. The Kier molecular flexibility index (Phi) is 6.21. The van der Waals surface area contributed by atoms with Gasteiger partial charge in [-0.1, -0.05) is 44.2 Å². The topological polar surface area (TPSA) is 66.4 Å². The Morgan fingerprint density at radius 2 is 1.95 bits per heavy atom. The van der Waals surface area contributed by atoms with Crippen molar-refractivity contribution in [2.75, 3.05) is 6.61 Å². The summed E-state index contributed by atoms with van der Waals surface area (Å²) < 4.78 is 27.5. The Balaban J connectivity index is 3.10. The van der Waals surface area contributed by atoms with Gasteiger partial charge < -0.3 is 5.11 Å². The van der Waals surface area contributed by atoms with E-state index in [0.717, 1.165) is 6.42 Å². The van der Waals surface area contributed by atoms with Crippen molar-refractivity contribution in [3.05, 3.63) is 29.8 Å². The van der Waals surface area contributed by atoms with E-state index < -0.39 is 10.0 Å². The van der Waals surface area contributed by atoms with Crippen molar-refractivity contribution < 1.29 is 13.5 Å². The van der Waals surface area contributed by atoms with Gasteiger partial charge in [-0.05, 0) is 25.0 Å². The summed E-state index contributed by atoms with van der Waals surface area (Å²) in [6.07, 6.45) is 0.898. The van der Waals surface area contributed by atoms with Crippen molar-refractivity contribution >= 4 is 10.0 Å². The summed E-state index contributed by atoms with van der Waals surface area (Å²) in [4.78, 5) is 0.149. The molecule has 0 fully saturated rings. The van der Waals surface area contributed by atoms with Crippen LogP contribution >= 0.6 is 0 Å². The average Bonchev–Trinajstić information content (AvgIpc) is 2.43. The molecule has 0 spiro atoms. The first-order valence-corrected chi connectivity index (χ1v) is 8.11. The Morgan fingerprint density at radius 1 is 1.30 bits per heavy atom. The summed E-state index contributed by atoms with van der Waals surface area (Å²) in [6, 6.07) is 6.38. The number of sulfonamides is 1. The molecule has 0 aliphatic rings. The van der Waals surface area contributed by atoms with Crippen LogP contribution in [0.4, 0.5) is 0 Å². The average molecular weight is 295 g/mol. The molecule has 1 aromatic rings. The molecule has 0 aliphatic carbocycles. The smallest absolute Gasteiger partial charge is 0.242 e. The Bertz CT molecular complexity index is 599. The van der Waals surface area contributed by atoms with E-state index in [0.29, 0.717) is 5.56 Å². The number of benzene rings is 1. The molecule has 2 atom stereocenters. The normalized spacial score (nSPS) is 14.2. The number of hydrogen-bond acceptors (Lipinski definition) is 3. The number of nitrogens with one attached hydrogen (secondary N) is 1. The highest BCUT2D eigenvalue weighted by Crippen LogP contribution is 2.17. The van der Waals surface area contributed by atoms with Gasteiger partial charge in [0.15, 0.2) is 0 Å². The zero-order valence-corrected chi connectivity index (χ0v) is 12.9. The molecule has 4 nitrogen and oxygen atoms in total. The van der Waals surface area contributed by atoms with E-state index in [2.05, 4.69) is 16.6 Å². The van der Waals surface area contributed by atoms with Crippen molar-refractivity contribution in [1.29, 1.82) is 0 Å². The van der Waals surface area contributed by atoms with Gasteiger partial charge in [-0.3, -0.25) is 0 Å². The summed E-state index contributed by atoms with van der Waals surface area (Å²) in [5.41, 5.74) is 0.394. The van der Waals surface area contributed by atoms with Gasteiger partial charge in [-0.15, -0.1) is 0 Å². The lowest BCUT2D eigenvalue weighted by Crippen LogP contribution is -2.37. The molecule has 2 unspecified atom stereocenters. The van der Waals surface area contributed by atoms with E-state index in [1.54, 1.807) is 18.2 Å². The molecule has 2 N–H and O–H groups in total. The van der Waals surface area contributed by atoms with Crippen LogP contribution in [0, 0.1) is 17.8 Å². The van der Waals surface area contributed by atoms with Gasteiger partial charge in [0.05, 0.1) is 4.90 Å². The number of rotatable bonds is 5. The highest BCUT2D eigenvalue weighted by Gasteiger charge is 2.22. The van der Waals surface area contributed by atoms with Gasteiger partial charge in [0.25, 0.3) is 0 Å². The first kappa shape index (κ1) is 16.7. The summed E-state index contributed by atoms with van der Waals surface area (Å²) in [7, 11) is -3.61. The second kappa shape index (κ2) is 7.44. The summed E-state index contributed by atoms with van der Waals surface area (Å²) >= 11 is 0. The molecule has 1 rings (SSSR count). The summed E-state index contributed by atoms with van der Waals surface area (Å²) in [6.45, 7) is 5.58. The third-order valence-electron chi connectivity index (χ3n) is 3.32. The molecule has 1 aromatic carbocycles. The van der Waals surface area contributed by atoms with E-state index >= 15 is 0 Å². The lowest BCUT2D eigenvalue weighted by Gasteiger charge is -2.20. The molecular formula is C15H21NO3S. The third kappa shape index (κ3) is 4.34. The minimum atomic E-state index is -3.61. The maximum Gasteiger partial charge on any atom is 0.242 e. The van der Waals surface area contributed by atoms with Gasteiger partial charge in [-0.25, -0.2) is 13.1 Å². The SMILES string of the molecule is CCC(C)C(C)NS(=O)(=O)c1ccccc1C#CCO. The predicted octanol–water partition coefficient (Wildman–Crippen LogP) is 1.74. The molecule has 0 saturated heterocycles. The first-order valence-electron chi connectivity index (χ1n) is 6.63. The molecule has 0 heterocycles. The van der Waals surface area contributed by atoms with E-state index in [1.165, 1.54) is 6.07 Å². The molecule has 20 heavy (non-hydrogen) atoms.